The third kappa shape index (κ3) is 1.71. The predicted octanol–water partition coefficient (Wildman–Crippen LogP) is 0.254. The molecular weight excluding hydrogens is 142 g/mol. The van der Waals surface area contributed by atoms with E-state index in [0.717, 1.165) is 25.3 Å². The zero-order chi connectivity index (χ0) is 7.68. The van der Waals surface area contributed by atoms with Gasteiger partial charge in [-0.15, -0.1) is 0 Å². The Morgan fingerprint density at radius 1 is 1.82 bits per heavy atom. The van der Waals surface area contributed by atoms with Gasteiger partial charge in [0.1, 0.15) is 0 Å². The summed E-state index contributed by atoms with van der Waals surface area (Å²) in [6, 6.07) is 0. The van der Waals surface area contributed by atoms with Crippen LogP contribution in [-0.4, -0.2) is 22.5 Å². The van der Waals surface area contributed by atoms with Gasteiger partial charge in [0.15, 0.2) is 0 Å². The number of aromatic nitrogens is 2. The van der Waals surface area contributed by atoms with Crippen LogP contribution in [0.25, 0.3) is 0 Å². The highest BCUT2D eigenvalue weighted by Gasteiger charge is 2.21. The molecule has 0 radical (unpaired) electrons. The highest BCUT2D eigenvalue weighted by atomic mass is 16.6. The zero-order valence-electron chi connectivity index (χ0n) is 6.23. The molecule has 0 amide bonds. The van der Waals surface area contributed by atoms with Crippen molar-refractivity contribution in [3.05, 3.63) is 12.4 Å². The van der Waals surface area contributed by atoms with E-state index < -0.39 is 0 Å². The van der Waals surface area contributed by atoms with Crippen LogP contribution in [0.3, 0.4) is 0 Å². The summed E-state index contributed by atoms with van der Waals surface area (Å²) >= 11 is 0. The fraction of sp³-hybridized carbons (Fsp3) is 0.571. The smallest absolute Gasteiger partial charge is 0.0827 e. The van der Waals surface area contributed by atoms with Gasteiger partial charge in [-0.2, -0.15) is 5.10 Å². The van der Waals surface area contributed by atoms with Crippen molar-refractivity contribution in [3.63, 3.8) is 0 Å². The third-order valence-electron chi connectivity index (χ3n) is 1.74. The second kappa shape index (κ2) is 2.54. The highest BCUT2D eigenvalue weighted by Crippen LogP contribution is 2.14. The molecule has 1 fully saturated rings. The van der Waals surface area contributed by atoms with Gasteiger partial charge >= 0.3 is 0 Å². The van der Waals surface area contributed by atoms with E-state index in [1.165, 1.54) is 0 Å². The molecule has 1 saturated heterocycles. The Hall–Kier alpha value is -1.03. The Morgan fingerprint density at radius 3 is 3.18 bits per heavy atom. The first-order valence-corrected chi connectivity index (χ1v) is 3.74. The van der Waals surface area contributed by atoms with Crippen LogP contribution < -0.4 is 5.73 Å². The molecule has 1 aromatic rings. The molecular formula is C7H11N3O. The molecule has 1 aliphatic rings. The van der Waals surface area contributed by atoms with E-state index in [9.17, 15) is 0 Å². The fourth-order valence-corrected chi connectivity index (χ4v) is 1.01. The maximum absolute atomic E-state index is 5.49. The van der Waals surface area contributed by atoms with Crippen LogP contribution in [0.4, 0.5) is 5.69 Å². The fourth-order valence-electron chi connectivity index (χ4n) is 1.01. The largest absolute Gasteiger partial charge is 0.396 e. The standard InChI is InChI=1S/C7H11N3O/c8-6-3-9-10(4-6)2-1-7-5-11-7/h3-4,7H,1-2,5,8H2. The van der Waals surface area contributed by atoms with Crippen LogP contribution in [0.5, 0.6) is 0 Å². The lowest BCUT2D eigenvalue weighted by Gasteiger charge is -1.96. The van der Waals surface area contributed by atoms with Crippen molar-refractivity contribution >= 4 is 5.69 Å². The first kappa shape index (κ1) is 6.67. The molecule has 4 heteroatoms. The molecule has 0 bridgehead atoms. The molecule has 0 spiro atoms. The molecule has 0 aliphatic carbocycles. The average Bonchev–Trinajstić information content (AvgIpc) is 2.72. The number of nitrogen functional groups attached to an aromatic ring is 1. The SMILES string of the molecule is Nc1cnn(CCC2CO2)c1. The van der Waals surface area contributed by atoms with Gasteiger partial charge in [-0.3, -0.25) is 4.68 Å². The van der Waals surface area contributed by atoms with Crippen LogP contribution in [0.2, 0.25) is 0 Å². The number of rotatable bonds is 3. The molecule has 0 aromatic carbocycles. The summed E-state index contributed by atoms with van der Waals surface area (Å²) in [7, 11) is 0. The third-order valence-corrected chi connectivity index (χ3v) is 1.74. The lowest BCUT2D eigenvalue weighted by molar-refractivity contribution is 0.380. The number of nitrogens with two attached hydrogens (primary N) is 1. The van der Waals surface area contributed by atoms with Crippen molar-refractivity contribution in [2.75, 3.05) is 12.3 Å². The van der Waals surface area contributed by atoms with Crippen LogP contribution in [-0.2, 0) is 11.3 Å². The lowest BCUT2D eigenvalue weighted by Crippen LogP contribution is -2.01. The zero-order valence-corrected chi connectivity index (χ0v) is 6.23. The van der Waals surface area contributed by atoms with Gasteiger partial charge in [-0.25, -0.2) is 0 Å². The van der Waals surface area contributed by atoms with Crippen molar-refractivity contribution in [1.82, 2.24) is 9.78 Å². The molecule has 2 N–H and O–H groups in total. The summed E-state index contributed by atoms with van der Waals surface area (Å²) in [6.45, 7) is 1.82. The summed E-state index contributed by atoms with van der Waals surface area (Å²) < 4.78 is 6.91. The minimum absolute atomic E-state index is 0.473. The summed E-state index contributed by atoms with van der Waals surface area (Å²) in [6.07, 6.45) is 5.01. The summed E-state index contributed by atoms with van der Waals surface area (Å²) in [4.78, 5) is 0. The minimum Gasteiger partial charge on any atom is -0.396 e. The van der Waals surface area contributed by atoms with E-state index in [1.807, 2.05) is 10.9 Å². The van der Waals surface area contributed by atoms with Crippen LogP contribution in [0.15, 0.2) is 12.4 Å². The highest BCUT2D eigenvalue weighted by molar-refractivity contribution is 5.30. The Morgan fingerprint density at radius 2 is 2.64 bits per heavy atom. The van der Waals surface area contributed by atoms with E-state index in [0.29, 0.717) is 6.10 Å². The minimum atomic E-state index is 0.473. The lowest BCUT2D eigenvalue weighted by atomic mass is 10.3. The maximum Gasteiger partial charge on any atom is 0.0827 e. The van der Waals surface area contributed by atoms with E-state index in [1.54, 1.807) is 6.20 Å². The Balaban J connectivity index is 1.85. The van der Waals surface area contributed by atoms with E-state index in [-0.39, 0.29) is 0 Å². The van der Waals surface area contributed by atoms with E-state index in [4.69, 9.17) is 10.5 Å². The van der Waals surface area contributed by atoms with Crippen molar-refractivity contribution in [3.8, 4) is 0 Å². The van der Waals surface area contributed by atoms with E-state index >= 15 is 0 Å². The second-order valence-corrected chi connectivity index (χ2v) is 2.78. The quantitative estimate of drug-likeness (QED) is 0.633. The topological polar surface area (TPSA) is 56.4 Å². The number of hydrogen-bond donors (Lipinski definition) is 1. The van der Waals surface area contributed by atoms with E-state index in [2.05, 4.69) is 5.10 Å². The van der Waals surface area contributed by atoms with Crippen LogP contribution >= 0.6 is 0 Å². The normalized spacial score (nSPS) is 22.0. The molecule has 4 nitrogen and oxygen atoms in total. The Bertz CT molecular complexity index is 242. The molecule has 60 valence electrons. The van der Waals surface area contributed by atoms with Gasteiger partial charge in [-0.1, -0.05) is 0 Å². The predicted molar refractivity (Wildman–Crippen MR) is 41.0 cm³/mol. The molecule has 2 heterocycles. The van der Waals surface area contributed by atoms with Crippen LogP contribution in [0.1, 0.15) is 6.42 Å². The second-order valence-electron chi connectivity index (χ2n) is 2.78. The van der Waals surface area contributed by atoms with Crippen molar-refractivity contribution in [1.29, 1.82) is 0 Å². The number of nitrogens with zero attached hydrogens (tertiary/aromatic N) is 2. The number of anilines is 1. The van der Waals surface area contributed by atoms with Gasteiger partial charge in [-0.05, 0) is 6.42 Å². The first-order valence-electron chi connectivity index (χ1n) is 3.74. The molecule has 1 aromatic heterocycles. The molecule has 1 unspecified atom stereocenters. The summed E-state index contributed by atoms with van der Waals surface area (Å²) in [5, 5.41) is 4.05. The first-order chi connectivity index (χ1) is 5.34. The monoisotopic (exact) mass is 153 g/mol. The van der Waals surface area contributed by atoms with Gasteiger partial charge in [0.05, 0.1) is 24.6 Å². The van der Waals surface area contributed by atoms with Crippen LogP contribution in [0, 0.1) is 0 Å². The van der Waals surface area contributed by atoms with Crippen molar-refractivity contribution in [2.24, 2.45) is 0 Å². The summed E-state index contributed by atoms with van der Waals surface area (Å²) in [5.41, 5.74) is 6.21. The van der Waals surface area contributed by atoms with Gasteiger partial charge < -0.3 is 10.5 Å². The Kier molecular flexibility index (Phi) is 1.54. The number of hydrogen-bond acceptors (Lipinski definition) is 3. The molecule has 11 heavy (non-hydrogen) atoms. The number of aryl methyl sites for hydroxylation is 1. The van der Waals surface area contributed by atoms with Crippen molar-refractivity contribution < 1.29 is 4.74 Å². The maximum atomic E-state index is 5.49. The molecule has 2 rings (SSSR count). The Labute approximate surface area is 64.9 Å². The van der Waals surface area contributed by atoms with Crippen molar-refractivity contribution in [2.45, 2.75) is 19.1 Å². The molecule has 0 saturated carbocycles. The number of ether oxygens (including phenoxy) is 1. The van der Waals surface area contributed by atoms with Gasteiger partial charge in [0.2, 0.25) is 0 Å². The number of epoxide rings is 1. The average molecular weight is 153 g/mol. The van der Waals surface area contributed by atoms with Gasteiger partial charge in [0, 0.05) is 12.7 Å². The summed E-state index contributed by atoms with van der Waals surface area (Å²) in [5.74, 6) is 0. The molecule has 1 atom stereocenters. The molecule has 1 aliphatic heterocycles. The van der Waals surface area contributed by atoms with Gasteiger partial charge in [0.25, 0.3) is 0 Å².